The van der Waals surface area contributed by atoms with Crippen molar-refractivity contribution in [3.8, 4) is 0 Å². The molecule has 106 valence electrons. The van der Waals surface area contributed by atoms with Crippen molar-refractivity contribution in [1.29, 1.82) is 0 Å². The highest BCUT2D eigenvalue weighted by Gasteiger charge is 2.21. The number of nitrogens with zero attached hydrogens (tertiary/aromatic N) is 2. The van der Waals surface area contributed by atoms with Crippen LogP contribution in [0.3, 0.4) is 0 Å². The topological polar surface area (TPSA) is 67.6 Å². The van der Waals surface area contributed by atoms with Crippen molar-refractivity contribution in [3.63, 3.8) is 0 Å². The zero-order valence-electron chi connectivity index (χ0n) is 11.7. The van der Waals surface area contributed by atoms with E-state index in [4.69, 9.17) is 4.74 Å². The number of ether oxygens (including phenoxy) is 1. The summed E-state index contributed by atoms with van der Waals surface area (Å²) in [5.41, 5.74) is 1.28. The summed E-state index contributed by atoms with van der Waals surface area (Å²) in [7, 11) is 3.44. The van der Waals surface area contributed by atoms with E-state index in [9.17, 15) is 10.1 Å². The normalized spacial score (nSPS) is 10.3. The van der Waals surface area contributed by atoms with E-state index < -0.39 is 0 Å². The third kappa shape index (κ3) is 4.10. The van der Waals surface area contributed by atoms with Crippen LogP contribution in [0.4, 0.5) is 17.1 Å². The summed E-state index contributed by atoms with van der Waals surface area (Å²) in [4.78, 5) is 12.8. The van der Waals surface area contributed by atoms with Crippen molar-refractivity contribution in [2.75, 3.05) is 44.1 Å². The largest absolute Gasteiger partial charge is 0.383 e. The van der Waals surface area contributed by atoms with Crippen molar-refractivity contribution in [3.05, 3.63) is 28.3 Å². The Kier molecular flexibility index (Phi) is 6.08. The van der Waals surface area contributed by atoms with Crippen LogP contribution in [0, 0.1) is 10.1 Å². The number of rotatable bonds is 8. The van der Waals surface area contributed by atoms with E-state index in [1.807, 2.05) is 24.9 Å². The molecule has 1 rings (SSSR count). The molecule has 0 spiro atoms. The van der Waals surface area contributed by atoms with Crippen LogP contribution in [0.2, 0.25) is 0 Å². The number of nitro groups is 1. The van der Waals surface area contributed by atoms with Crippen LogP contribution < -0.4 is 10.2 Å². The lowest BCUT2D eigenvalue weighted by Gasteiger charge is -2.20. The maximum atomic E-state index is 11.3. The number of methoxy groups -OCH3 is 1. The van der Waals surface area contributed by atoms with Gasteiger partial charge in [0.2, 0.25) is 0 Å². The second kappa shape index (κ2) is 7.58. The molecule has 0 aliphatic rings. The molecule has 1 N–H and O–H groups in total. The number of hydrogen-bond donors (Lipinski definition) is 1. The Morgan fingerprint density at radius 3 is 2.79 bits per heavy atom. The highest BCUT2D eigenvalue weighted by molar-refractivity contribution is 5.76. The van der Waals surface area contributed by atoms with E-state index in [0.29, 0.717) is 31.1 Å². The summed E-state index contributed by atoms with van der Waals surface area (Å²) in [5, 5.41) is 14.4. The number of anilines is 2. The van der Waals surface area contributed by atoms with Crippen molar-refractivity contribution in [2.45, 2.75) is 13.3 Å². The third-order valence-corrected chi connectivity index (χ3v) is 2.80. The second-order valence-corrected chi connectivity index (χ2v) is 4.27. The fourth-order valence-electron chi connectivity index (χ4n) is 1.78. The van der Waals surface area contributed by atoms with Gasteiger partial charge in [-0.2, -0.15) is 0 Å². The predicted molar refractivity (Wildman–Crippen MR) is 77.0 cm³/mol. The molecule has 6 heteroatoms. The van der Waals surface area contributed by atoms with Gasteiger partial charge in [0.05, 0.1) is 11.5 Å². The summed E-state index contributed by atoms with van der Waals surface area (Å²) in [6.45, 7) is 3.87. The average Bonchev–Trinajstić information content (AvgIpc) is 2.41. The fourth-order valence-corrected chi connectivity index (χ4v) is 1.78. The van der Waals surface area contributed by atoms with E-state index in [2.05, 4.69) is 5.32 Å². The van der Waals surface area contributed by atoms with E-state index in [-0.39, 0.29) is 10.6 Å². The Morgan fingerprint density at radius 2 is 2.21 bits per heavy atom. The van der Waals surface area contributed by atoms with Gasteiger partial charge >= 0.3 is 5.69 Å². The van der Waals surface area contributed by atoms with Crippen LogP contribution in [0.1, 0.15) is 13.3 Å². The Labute approximate surface area is 113 Å². The number of benzene rings is 1. The molecule has 0 fully saturated rings. The van der Waals surface area contributed by atoms with Gasteiger partial charge in [0.25, 0.3) is 0 Å². The second-order valence-electron chi connectivity index (χ2n) is 4.27. The lowest BCUT2D eigenvalue weighted by molar-refractivity contribution is -0.383. The van der Waals surface area contributed by atoms with Crippen LogP contribution in [-0.2, 0) is 4.74 Å². The molecular weight excluding hydrogens is 246 g/mol. The van der Waals surface area contributed by atoms with Crippen molar-refractivity contribution >= 4 is 17.1 Å². The molecule has 0 unspecified atom stereocenters. The zero-order valence-corrected chi connectivity index (χ0v) is 11.7. The molecule has 1 aromatic carbocycles. The van der Waals surface area contributed by atoms with E-state index >= 15 is 0 Å². The Hall–Kier alpha value is -1.82. The fraction of sp³-hybridized carbons (Fsp3) is 0.538. The van der Waals surface area contributed by atoms with Gasteiger partial charge < -0.3 is 15.0 Å². The summed E-state index contributed by atoms with van der Waals surface area (Å²) in [6, 6.07) is 5.32. The first kappa shape index (κ1) is 15.2. The standard InChI is InChI=1S/C13H21N3O3/c1-4-8-14-11-6-5-7-12(13(11)16(17)18)15(2)9-10-19-3/h5-7,14H,4,8-10H2,1-3H3. The lowest BCUT2D eigenvalue weighted by Crippen LogP contribution is -2.23. The molecule has 0 heterocycles. The summed E-state index contributed by atoms with van der Waals surface area (Å²) in [6.07, 6.45) is 0.918. The predicted octanol–water partition coefficient (Wildman–Crippen LogP) is 2.50. The molecule has 0 atom stereocenters. The van der Waals surface area contributed by atoms with E-state index in [1.54, 1.807) is 19.2 Å². The van der Waals surface area contributed by atoms with Crippen LogP contribution in [0.5, 0.6) is 0 Å². The van der Waals surface area contributed by atoms with Crippen molar-refractivity contribution < 1.29 is 9.66 Å². The van der Waals surface area contributed by atoms with Gasteiger partial charge in [-0.15, -0.1) is 0 Å². The van der Waals surface area contributed by atoms with Crippen LogP contribution >= 0.6 is 0 Å². The maximum absolute atomic E-state index is 11.3. The summed E-state index contributed by atoms with van der Waals surface area (Å²) in [5.74, 6) is 0. The molecule has 0 aliphatic carbocycles. The molecule has 19 heavy (non-hydrogen) atoms. The molecule has 6 nitrogen and oxygen atoms in total. The third-order valence-electron chi connectivity index (χ3n) is 2.80. The first-order chi connectivity index (χ1) is 9.11. The number of hydrogen-bond acceptors (Lipinski definition) is 5. The van der Waals surface area contributed by atoms with Gasteiger partial charge in [-0.25, -0.2) is 0 Å². The van der Waals surface area contributed by atoms with Gasteiger partial charge in [-0.1, -0.05) is 13.0 Å². The molecule has 0 aliphatic heterocycles. The van der Waals surface area contributed by atoms with Crippen LogP contribution in [-0.4, -0.2) is 38.8 Å². The van der Waals surface area contributed by atoms with Gasteiger partial charge in [0.1, 0.15) is 11.4 Å². The van der Waals surface area contributed by atoms with Gasteiger partial charge in [-0.3, -0.25) is 10.1 Å². The first-order valence-electron chi connectivity index (χ1n) is 6.33. The zero-order chi connectivity index (χ0) is 14.3. The number of likely N-dealkylation sites (N-methyl/N-ethyl adjacent to an activating group) is 1. The van der Waals surface area contributed by atoms with Crippen LogP contribution in [0.25, 0.3) is 0 Å². The van der Waals surface area contributed by atoms with Crippen LogP contribution in [0.15, 0.2) is 18.2 Å². The minimum absolute atomic E-state index is 0.120. The number of nitro benzene ring substituents is 1. The molecule has 0 amide bonds. The number of nitrogens with one attached hydrogen (secondary N) is 1. The van der Waals surface area contributed by atoms with E-state index in [0.717, 1.165) is 6.42 Å². The first-order valence-corrected chi connectivity index (χ1v) is 6.33. The SMILES string of the molecule is CCCNc1cccc(N(C)CCOC)c1[N+](=O)[O-]. The quantitative estimate of drug-likeness (QED) is 0.579. The lowest BCUT2D eigenvalue weighted by atomic mass is 10.2. The molecule has 0 radical (unpaired) electrons. The minimum atomic E-state index is -0.337. The van der Waals surface area contributed by atoms with E-state index in [1.165, 1.54) is 0 Å². The van der Waals surface area contributed by atoms with Gasteiger partial charge in [0, 0.05) is 27.2 Å². The molecule has 0 saturated carbocycles. The summed E-state index contributed by atoms with van der Waals surface area (Å²) >= 11 is 0. The van der Waals surface area contributed by atoms with Crippen molar-refractivity contribution in [1.82, 2.24) is 0 Å². The molecule has 1 aromatic rings. The van der Waals surface area contributed by atoms with Crippen molar-refractivity contribution in [2.24, 2.45) is 0 Å². The minimum Gasteiger partial charge on any atom is -0.383 e. The summed E-state index contributed by atoms with van der Waals surface area (Å²) < 4.78 is 5.00. The highest BCUT2D eigenvalue weighted by Crippen LogP contribution is 2.34. The Morgan fingerprint density at radius 1 is 1.47 bits per heavy atom. The molecular formula is C13H21N3O3. The number of para-hydroxylation sites is 1. The average molecular weight is 267 g/mol. The Bertz CT molecular complexity index is 424. The molecule has 0 bridgehead atoms. The maximum Gasteiger partial charge on any atom is 0.315 e. The molecule has 0 aromatic heterocycles. The molecule has 0 saturated heterocycles. The van der Waals surface area contributed by atoms with Gasteiger partial charge in [0.15, 0.2) is 0 Å². The highest BCUT2D eigenvalue weighted by atomic mass is 16.6. The monoisotopic (exact) mass is 267 g/mol. The van der Waals surface area contributed by atoms with Gasteiger partial charge in [-0.05, 0) is 18.6 Å². The Balaban J connectivity index is 3.05. The smallest absolute Gasteiger partial charge is 0.315 e.